The maximum Gasteiger partial charge on any atom is 0.137 e. The summed E-state index contributed by atoms with van der Waals surface area (Å²) in [6, 6.07) is 24.8. The van der Waals surface area contributed by atoms with Gasteiger partial charge in [0.05, 0.1) is 11.0 Å². The highest BCUT2D eigenvalue weighted by Gasteiger charge is 2.14. The Balaban J connectivity index is 1.86. The van der Waals surface area contributed by atoms with Crippen molar-refractivity contribution in [1.82, 2.24) is 0 Å². The van der Waals surface area contributed by atoms with Crippen LogP contribution in [-0.4, -0.2) is 0 Å². The van der Waals surface area contributed by atoms with Crippen molar-refractivity contribution in [2.24, 2.45) is 5.10 Å². The molecule has 0 unspecified atom stereocenters. The number of fused-ring (bicyclic) bond motifs is 1. The first-order chi connectivity index (χ1) is 14.3. The summed E-state index contributed by atoms with van der Waals surface area (Å²) in [4.78, 5) is 0. The Morgan fingerprint density at radius 2 is 1.47 bits per heavy atom. The Kier molecular flexibility index (Phi) is 5.21. The number of hydrogen-bond donors (Lipinski definition) is 1. The van der Waals surface area contributed by atoms with E-state index in [1.165, 1.54) is 16.7 Å². The Bertz CT molecular complexity index is 1240. The molecular weight excluding hydrogens is 368 g/mol. The molecule has 0 spiro atoms. The molecule has 0 fully saturated rings. The minimum atomic E-state index is 0.119. The maximum absolute atomic E-state index is 6.31. The van der Waals surface area contributed by atoms with Crippen molar-refractivity contribution < 1.29 is 4.42 Å². The van der Waals surface area contributed by atoms with Gasteiger partial charge in [0.1, 0.15) is 11.3 Å². The van der Waals surface area contributed by atoms with Crippen molar-refractivity contribution >= 4 is 16.7 Å². The lowest BCUT2D eigenvalue weighted by Crippen LogP contribution is -2.10. The van der Waals surface area contributed by atoms with Crippen molar-refractivity contribution in [2.45, 2.75) is 40.0 Å². The molecule has 0 saturated carbocycles. The zero-order chi connectivity index (χ0) is 21.3. The number of nitrogens with zero attached hydrogens (tertiary/aromatic N) is 1. The number of para-hydroxylation sites is 1. The van der Waals surface area contributed by atoms with Crippen molar-refractivity contribution in [1.29, 1.82) is 0 Å². The molecule has 3 aromatic carbocycles. The highest BCUT2D eigenvalue weighted by molar-refractivity contribution is 5.80. The van der Waals surface area contributed by atoms with E-state index in [1.807, 2.05) is 36.4 Å². The van der Waals surface area contributed by atoms with Gasteiger partial charge in [-0.25, -0.2) is 0 Å². The van der Waals surface area contributed by atoms with E-state index in [2.05, 4.69) is 76.4 Å². The third-order valence-electron chi connectivity index (χ3n) is 5.47. The van der Waals surface area contributed by atoms with Crippen molar-refractivity contribution in [3.05, 3.63) is 94.8 Å². The van der Waals surface area contributed by atoms with E-state index in [0.29, 0.717) is 0 Å². The summed E-state index contributed by atoms with van der Waals surface area (Å²) in [6.07, 6.45) is 0. The van der Waals surface area contributed by atoms with Crippen LogP contribution in [0.15, 0.2) is 82.3 Å². The summed E-state index contributed by atoms with van der Waals surface area (Å²) in [5.41, 5.74) is 9.85. The van der Waals surface area contributed by atoms with Gasteiger partial charge >= 0.3 is 0 Å². The van der Waals surface area contributed by atoms with Crippen LogP contribution in [0, 0.1) is 13.8 Å². The zero-order valence-electron chi connectivity index (χ0n) is 18.3. The molecule has 30 heavy (non-hydrogen) atoms. The van der Waals surface area contributed by atoms with Crippen LogP contribution < -0.4 is 10.8 Å². The smallest absolute Gasteiger partial charge is 0.137 e. The van der Waals surface area contributed by atoms with Crippen LogP contribution in [0.3, 0.4) is 0 Å². The number of nitrogens with one attached hydrogen (secondary N) is 1. The SMILES string of the molecule is Cc1cc2oc(-c3ccc(C(C)(C)C)cc3)c/c(=N\Nc3ccccc3)c2cc1C. The van der Waals surface area contributed by atoms with E-state index in [0.717, 1.165) is 33.3 Å². The minimum Gasteiger partial charge on any atom is -0.456 e. The Labute approximate surface area is 178 Å². The first-order valence-corrected chi connectivity index (χ1v) is 10.3. The summed E-state index contributed by atoms with van der Waals surface area (Å²) in [5.74, 6) is 0.805. The molecule has 0 atom stereocenters. The third-order valence-corrected chi connectivity index (χ3v) is 5.47. The highest BCUT2D eigenvalue weighted by Crippen LogP contribution is 2.28. The number of rotatable bonds is 3. The van der Waals surface area contributed by atoms with Crippen molar-refractivity contribution in [2.75, 3.05) is 5.43 Å². The van der Waals surface area contributed by atoms with Gasteiger partial charge in [-0.1, -0.05) is 63.2 Å². The van der Waals surface area contributed by atoms with Gasteiger partial charge in [0.25, 0.3) is 0 Å². The number of benzene rings is 3. The molecule has 4 aromatic rings. The van der Waals surface area contributed by atoms with Gasteiger partial charge in [-0.05, 0) is 60.2 Å². The molecule has 0 aliphatic heterocycles. The normalized spacial score (nSPS) is 12.4. The molecule has 3 nitrogen and oxygen atoms in total. The van der Waals surface area contributed by atoms with Crippen LogP contribution in [0.4, 0.5) is 5.69 Å². The van der Waals surface area contributed by atoms with E-state index < -0.39 is 0 Å². The lowest BCUT2D eigenvalue weighted by molar-refractivity contribution is 0.589. The van der Waals surface area contributed by atoms with Crippen LogP contribution in [-0.2, 0) is 5.41 Å². The van der Waals surface area contributed by atoms with E-state index >= 15 is 0 Å². The average molecular weight is 397 g/mol. The summed E-state index contributed by atoms with van der Waals surface area (Å²) >= 11 is 0. The maximum atomic E-state index is 6.31. The predicted octanol–water partition coefficient (Wildman–Crippen LogP) is 6.94. The lowest BCUT2D eigenvalue weighted by Gasteiger charge is -2.19. The summed E-state index contributed by atoms with van der Waals surface area (Å²) in [6.45, 7) is 10.9. The molecule has 0 aliphatic carbocycles. The summed E-state index contributed by atoms with van der Waals surface area (Å²) < 4.78 is 6.31. The van der Waals surface area contributed by atoms with Crippen molar-refractivity contribution in [3.8, 4) is 11.3 Å². The Morgan fingerprint density at radius 1 is 0.800 bits per heavy atom. The van der Waals surface area contributed by atoms with E-state index in [-0.39, 0.29) is 5.41 Å². The average Bonchev–Trinajstić information content (AvgIpc) is 2.73. The second kappa shape index (κ2) is 7.83. The Morgan fingerprint density at radius 3 is 2.13 bits per heavy atom. The largest absolute Gasteiger partial charge is 0.456 e. The van der Waals surface area contributed by atoms with Gasteiger partial charge in [-0.15, -0.1) is 0 Å². The van der Waals surface area contributed by atoms with Gasteiger partial charge in [-0.3, -0.25) is 5.43 Å². The molecule has 0 saturated heterocycles. The standard InChI is InChI=1S/C27H28N2O/c1-18-15-23-24(29-28-22-9-7-6-8-10-22)17-25(30-26(23)16-19(18)2)20-11-13-21(14-12-20)27(3,4)5/h6-17,28H,1-5H3/b29-24+. The van der Waals surface area contributed by atoms with Gasteiger partial charge < -0.3 is 4.42 Å². The van der Waals surface area contributed by atoms with E-state index in [1.54, 1.807) is 0 Å². The number of hydrogen-bond acceptors (Lipinski definition) is 3. The molecule has 1 aromatic heterocycles. The Hall–Kier alpha value is -3.33. The highest BCUT2D eigenvalue weighted by atomic mass is 16.3. The van der Waals surface area contributed by atoms with Crippen LogP contribution in [0.25, 0.3) is 22.3 Å². The topological polar surface area (TPSA) is 37.5 Å². The molecule has 3 heteroatoms. The fourth-order valence-electron chi connectivity index (χ4n) is 3.43. The van der Waals surface area contributed by atoms with Crippen LogP contribution >= 0.6 is 0 Å². The molecular formula is C27H28N2O. The van der Waals surface area contributed by atoms with Gasteiger partial charge in [-0.2, -0.15) is 5.10 Å². The molecule has 1 heterocycles. The summed E-state index contributed by atoms with van der Waals surface area (Å²) in [5, 5.41) is 6.56. The molecule has 0 radical (unpaired) electrons. The van der Waals surface area contributed by atoms with E-state index in [4.69, 9.17) is 9.52 Å². The molecule has 152 valence electrons. The van der Waals surface area contributed by atoms with Gasteiger partial charge in [0.15, 0.2) is 0 Å². The number of anilines is 1. The molecule has 4 rings (SSSR count). The van der Waals surface area contributed by atoms with Crippen LogP contribution in [0.5, 0.6) is 0 Å². The van der Waals surface area contributed by atoms with Crippen LogP contribution in [0.1, 0.15) is 37.5 Å². The van der Waals surface area contributed by atoms with Gasteiger partial charge in [0.2, 0.25) is 0 Å². The predicted molar refractivity (Wildman–Crippen MR) is 125 cm³/mol. The fraction of sp³-hybridized carbons (Fsp3) is 0.222. The van der Waals surface area contributed by atoms with E-state index in [9.17, 15) is 0 Å². The second-order valence-corrected chi connectivity index (χ2v) is 8.85. The molecule has 0 aliphatic rings. The first-order valence-electron chi connectivity index (χ1n) is 10.3. The third kappa shape index (κ3) is 4.16. The van der Waals surface area contributed by atoms with Gasteiger partial charge in [0, 0.05) is 17.0 Å². The summed E-state index contributed by atoms with van der Waals surface area (Å²) in [7, 11) is 0. The van der Waals surface area contributed by atoms with Crippen molar-refractivity contribution in [3.63, 3.8) is 0 Å². The second-order valence-electron chi connectivity index (χ2n) is 8.85. The minimum absolute atomic E-state index is 0.119. The monoisotopic (exact) mass is 396 g/mol. The molecule has 1 N–H and O–H groups in total. The number of aryl methyl sites for hydroxylation is 2. The lowest BCUT2D eigenvalue weighted by atomic mass is 9.86. The molecule has 0 bridgehead atoms. The zero-order valence-corrected chi connectivity index (χ0v) is 18.3. The quantitative estimate of drug-likeness (QED) is 0.381. The van der Waals surface area contributed by atoms with Crippen LogP contribution in [0.2, 0.25) is 0 Å². The molecule has 0 amide bonds. The fourth-order valence-corrected chi connectivity index (χ4v) is 3.43. The first kappa shape index (κ1) is 20.0.